The van der Waals surface area contributed by atoms with E-state index in [9.17, 15) is 4.79 Å². The first-order valence-corrected chi connectivity index (χ1v) is 6.78. The zero-order valence-electron chi connectivity index (χ0n) is 13.6. The summed E-state index contributed by atoms with van der Waals surface area (Å²) in [6.07, 6.45) is 0.183. The third-order valence-electron chi connectivity index (χ3n) is 4.17. The summed E-state index contributed by atoms with van der Waals surface area (Å²) in [5.74, 6) is 0.942. The number of rotatable bonds is 6. The highest BCUT2D eigenvalue weighted by Gasteiger charge is 2.42. The summed E-state index contributed by atoms with van der Waals surface area (Å²) < 4.78 is 15.4. The van der Waals surface area contributed by atoms with Crippen molar-refractivity contribution in [3.05, 3.63) is 23.8 Å². The number of hydrogen-bond acceptors (Lipinski definition) is 5. The van der Waals surface area contributed by atoms with Gasteiger partial charge in [0.1, 0.15) is 0 Å². The third-order valence-corrected chi connectivity index (χ3v) is 4.17. The molecule has 0 spiro atoms. The minimum atomic E-state index is -0.624. The first-order valence-electron chi connectivity index (χ1n) is 6.78. The minimum absolute atomic E-state index is 0.183. The SMILES string of the molecule is COC(=O)CC(C)(c1ccc(OC)c(OC)c1)C(C)(C)N. The quantitative estimate of drug-likeness (QED) is 0.815. The average Bonchev–Trinajstić information content (AvgIpc) is 2.44. The van der Waals surface area contributed by atoms with E-state index in [1.807, 2.05) is 39.0 Å². The van der Waals surface area contributed by atoms with E-state index in [1.54, 1.807) is 14.2 Å². The average molecular weight is 295 g/mol. The minimum Gasteiger partial charge on any atom is -0.493 e. The highest BCUT2D eigenvalue weighted by molar-refractivity contribution is 5.72. The van der Waals surface area contributed by atoms with Crippen molar-refractivity contribution < 1.29 is 19.0 Å². The molecule has 1 rings (SSSR count). The van der Waals surface area contributed by atoms with Gasteiger partial charge in [-0.15, -0.1) is 0 Å². The Kier molecular flexibility index (Phi) is 5.23. The number of methoxy groups -OCH3 is 3. The van der Waals surface area contributed by atoms with Crippen LogP contribution in [0, 0.1) is 0 Å². The molecule has 0 aliphatic carbocycles. The number of carbonyl (C=O) groups is 1. The maximum atomic E-state index is 11.8. The molecule has 0 saturated carbocycles. The standard InChI is InChI=1S/C16H25NO4/c1-15(2,17)16(3,10-14(18)21-6)11-7-8-12(19-4)13(9-11)20-5/h7-9H,10,17H2,1-6H3. The Morgan fingerprint density at radius 3 is 2.10 bits per heavy atom. The normalized spacial score (nSPS) is 14.2. The topological polar surface area (TPSA) is 70.8 Å². The zero-order chi connectivity index (χ0) is 16.3. The second-order valence-electron chi connectivity index (χ2n) is 5.88. The van der Waals surface area contributed by atoms with Crippen molar-refractivity contribution in [2.75, 3.05) is 21.3 Å². The van der Waals surface area contributed by atoms with Crippen molar-refractivity contribution >= 4 is 5.97 Å². The van der Waals surface area contributed by atoms with Crippen molar-refractivity contribution in [3.8, 4) is 11.5 Å². The summed E-state index contributed by atoms with van der Waals surface area (Å²) in [5.41, 5.74) is 6.01. The van der Waals surface area contributed by atoms with Gasteiger partial charge in [-0.3, -0.25) is 4.79 Å². The fourth-order valence-electron chi connectivity index (χ4n) is 2.24. The Labute approximate surface area is 126 Å². The molecule has 5 nitrogen and oxygen atoms in total. The monoisotopic (exact) mass is 295 g/mol. The number of hydrogen-bond donors (Lipinski definition) is 1. The van der Waals surface area contributed by atoms with Crippen LogP contribution in [0.15, 0.2) is 18.2 Å². The highest BCUT2D eigenvalue weighted by Crippen LogP contribution is 2.40. The van der Waals surface area contributed by atoms with Crippen LogP contribution in [0.1, 0.15) is 32.8 Å². The molecular formula is C16H25NO4. The molecule has 0 radical (unpaired) electrons. The summed E-state index contributed by atoms with van der Waals surface area (Å²) in [6, 6.07) is 5.57. The molecule has 1 aromatic carbocycles. The van der Waals surface area contributed by atoms with Crippen molar-refractivity contribution in [1.82, 2.24) is 0 Å². The zero-order valence-corrected chi connectivity index (χ0v) is 13.6. The van der Waals surface area contributed by atoms with E-state index in [0.29, 0.717) is 11.5 Å². The van der Waals surface area contributed by atoms with Crippen LogP contribution in [-0.4, -0.2) is 32.8 Å². The van der Waals surface area contributed by atoms with Gasteiger partial charge in [-0.05, 0) is 31.5 Å². The Balaban J connectivity index is 3.36. The number of esters is 1. The molecule has 1 atom stereocenters. The molecule has 0 aromatic heterocycles. The predicted octanol–water partition coefficient (Wildman–Crippen LogP) is 2.26. The van der Waals surface area contributed by atoms with Crippen LogP contribution >= 0.6 is 0 Å². The van der Waals surface area contributed by atoms with Gasteiger partial charge in [0.2, 0.25) is 0 Å². The Hall–Kier alpha value is -1.75. The molecule has 1 unspecified atom stereocenters. The molecule has 0 heterocycles. The summed E-state index contributed by atoms with van der Waals surface area (Å²) >= 11 is 0. The van der Waals surface area contributed by atoms with Crippen molar-refractivity contribution in [1.29, 1.82) is 0 Å². The molecule has 118 valence electrons. The summed E-state index contributed by atoms with van der Waals surface area (Å²) in [4.78, 5) is 11.8. The summed E-state index contributed by atoms with van der Waals surface area (Å²) in [7, 11) is 4.53. The van der Waals surface area contributed by atoms with Gasteiger partial charge in [-0.1, -0.05) is 13.0 Å². The third kappa shape index (κ3) is 3.47. The van der Waals surface area contributed by atoms with E-state index in [0.717, 1.165) is 5.56 Å². The second-order valence-corrected chi connectivity index (χ2v) is 5.88. The van der Waals surface area contributed by atoms with E-state index >= 15 is 0 Å². The largest absolute Gasteiger partial charge is 0.493 e. The molecule has 0 fully saturated rings. The Morgan fingerprint density at radius 2 is 1.67 bits per heavy atom. The number of benzene rings is 1. The summed E-state index contributed by atoms with van der Waals surface area (Å²) in [6.45, 7) is 5.74. The van der Waals surface area contributed by atoms with Crippen LogP contribution in [-0.2, 0) is 14.9 Å². The van der Waals surface area contributed by atoms with E-state index in [-0.39, 0.29) is 12.4 Å². The van der Waals surface area contributed by atoms with Gasteiger partial charge in [-0.2, -0.15) is 0 Å². The van der Waals surface area contributed by atoms with E-state index < -0.39 is 11.0 Å². The Bertz CT molecular complexity index is 507. The fraction of sp³-hybridized carbons (Fsp3) is 0.562. The predicted molar refractivity (Wildman–Crippen MR) is 81.8 cm³/mol. The second kappa shape index (κ2) is 6.35. The maximum Gasteiger partial charge on any atom is 0.306 e. The lowest BCUT2D eigenvalue weighted by Gasteiger charge is -2.41. The maximum absolute atomic E-state index is 11.8. The highest BCUT2D eigenvalue weighted by atomic mass is 16.5. The van der Waals surface area contributed by atoms with Gasteiger partial charge in [0.25, 0.3) is 0 Å². The molecule has 21 heavy (non-hydrogen) atoms. The summed E-state index contributed by atoms with van der Waals surface area (Å²) in [5, 5.41) is 0. The molecule has 0 aliphatic heterocycles. The van der Waals surface area contributed by atoms with Crippen LogP contribution in [0.4, 0.5) is 0 Å². The lowest BCUT2D eigenvalue weighted by atomic mass is 9.66. The number of carbonyl (C=O) groups excluding carboxylic acids is 1. The van der Waals surface area contributed by atoms with Crippen molar-refractivity contribution in [2.24, 2.45) is 5.73 Å². The van der Waals surface area contributed by atoms with Gasteiger partial charge < -0.3 is 19.9 Å². The van der Waals surface area contributed by atoms with Crippen LogP contribution in [0.5, 0.6) is 11.5 Å². The molecule has 1 aromatic rings. The van der Waals surface area contributed by atoms with Crippen molar-refractivity contribution in [2.45, 2.75) is 38.1 Å². The molecule has 2 N–H and O–H groups in total. The van der Waals surface area contributed by atoms with E-state index in [2.05, 4.69) is 0 Å². The van der Waals surface area contributed by atoms with Gasteiger partial charge in [0.15, 0.2) is 11.5 Å². The molecule has 0 bridgehead atoms. The first kappa shape index (κ1) is 17.3. The molecule has 0 amide bonds. The molecule has 0 aliphatic rings. The molecular weight excluding hydrogens is 270 g/mol. The molecule has 5 heteroatoms. The lowest BCUT2D eigenvalue weighted by Crippen LogP contribution is -2.53. The van der Waals surface area contributed by atoms with Crippen LogP contribution in [0.3, 0.4) is 0 Å². The van der Waals surface area contributed by atoms with Crippen LogP contribution in [0.2, 0.25) is 0 Å². The van der Waals surface area contributed by atoms with Gasteiger partial charge in [-0.25, -0.2) is 0 Å². The number of ether oxygens (including phenoxy) is 3. The fourth-order valence-corrected chi connectivity index (χ4v) is 2.24. The molecule has 0 saturated heterocycles. The van der Waals surface area contributed by atoms with E-state index in [1.165, 1.54) is 7.11 Å². The van der Waals surface area contributed by atoms with Crippen molar-refractivity contribution in [3.63, 3.8) is 0 Å². The van der Waals surface area contributed by atoms with Gasteiger partial charge in [0.05, 0.1) is 27.8 Å². The van der Waals surface area contributed by atoms with E-state index in [4.69, 9.17) is 19.9 Å². The van der Waals surface area contributed by atoms with Gasteiger partial charge >= 0.3 is 5.97 Å². The van der Waals surface area contributed by atoms with Crippen LogP contribution in [0.25, 0.3) is 0 Å². The van der Waals surface area contributed by atoms with Crippen LogP contribution < -0.4 is 15.2 Å². The first-order chi connectivity index (χ1) is 9.69. The van der Waals surface area contributed by atoms with Gasteiger partial charge in [0, 0.05) is 11.0 Å². The smallest absolute Gasteiger partial charge is 0.306 e. The lowest BCUT2D eigenvalue weighted by molar-refractivity contribution is -0.142. The Morgan fingerprint density at radius 1 is 1.10 bits per heavy atom. The number of nitrogens with two attached hydrogens (primary N) is 1.